The molecule has 0 fully saturated rings. The summed E-state index contributed by atoms with van der Waals surface area (Å²) in [4.78, 5) is 27.1. The maximum absolute atomic E-state index is 12.2. The van der Waals surface area contributed by atoms with Gasteiger partial charge in [0.05, 0.1) is 17.6 Å². The number of rotatable bonds is 4. The van der Waals surface area contributed by atoms with Crippen LogP contribution in [-0.2, 0) is 4.79 Å². The lowest BCUT2D eigenvalue weighted by molar-refractivity contribution is -0.155. The van der Waals surface area contributed by atoms with Crippen molar-refractivity contribution < 1.29 is 19.8 Å². The number of hydrogen-bond donors (Lipinski definition) is 3. The third-order valence-electron chi connectivity index (χ3n) is 2.98. The van der Waals surface area contributed by atoms with E-state index < -0.39 is 24.0 Å². The van der Waals surface area contributed by atoms with Crippen LogP contribution in [0.3, 0.4) is 0 Å². The molecule has 6 nitrogen and oxygen atoms in total. The average molecular weight is 309 g/mol. The Hall–Kier alpha value is -2.18. The number of aliphatic carboxylic acids is 1. The Balaban J connectivity index is 2.30. The molecule has 1 aromatic heterocycles. The summed E-state index contributed by atoms with van der Waals surface area (Å²) >= 11 is 5.87. The van der Waals surface area contributed by atoms with Crippen molar-refractivity contribution in [1.82, 2.24) is 10.3 Å². The van der Waals surface area contributed by atoms with Crippen LogP contribution >= 0.6 is 11.6 Å². The molecule has 1 atom stereocenters. The lowest BCUT2D eigenvalue weighted by Crippen LogP contribution is -2.46. The van der Waals surface area contributed by atoms with Gasteiger partial charge in [0.2, 0.25) is 0 Å². The first kappa shape index (κ1) is 15.2. The summed E-state index contributed by atoms with van der Waals surface area (Å²) in [6.07, 6.45) is 0. The van der Waals surface area contributed by atoms with Crippen LogP contribution in [0.2, 0.25) is 5.15 Å². The average Bonchev–Trinajstić information content (AvgIpc) is 2.43. The van der Waals surface area contributed by atoms with Crippen molar-refractivity contribution in [3.05, 3.63) is 41.0 Å². The summed E-state index contributed by atoms with van der Waals surface area (Å²) in [5.74, 6) is -1.95. The van der Waals surface area contributed by atoms with Gasteiger partial charge in [0, 0.05) is 5.39 Å². The van der Waals surface area contributed by atoms with E-state index in [1.165, 1.54) is 6.07 Å². The Labute approximate surface area is 125 Å². The molecule has 3 N–H and O–H groups in total. The Morgan fingerprint density at radius 3 is 2.71 bits per heavy atom. The third kappa shape index (κ3) is 3.29. The van der Waals surface area contributed by atoms with Crippen molar-refractivity contribution in [3.63, 3.8) is 0 Å². The summed E-state index contributed by atoms with van der Waals surface area (Å²) in [7, 11) is 0. The maximum atomic E-state index is 12.2. The van der Waals surface area contributed by atoms with E-state index in [0.29, 0.717) is 10.9 Å². The zero-order valence-electron chi connectivity index (χ0n) is 11.1. The highest BCUT2D eigenvalue weighted by Crippen LogP contribution is 2.20. The number of hydrogen-bond acceptors (Lipinski definition) is 4. The van der Waals surface area contributed by atoms with Crippen LogP contribution < -0.4 is 5.32 Å². The number of nitrogens with zero attached hydrogens (tertiary/aromatic N) is 1. The summed E-state index contributed by atoms with van der Waals surface area (Å²) in [5, 5.41) is 21.5. The van der Waals surface area contributed by atoms with Crippen molar-refractivity contribution in [2.75, 3.05) is 6.54 Å². The van der Waals surface area contributed by atoms with Crippen molar-refractivity contribution in [3.8, 4) is 0 Å². The topological polar surface area (TPSA) is 99.5 Å². The molecule has 0 aliphatic carbocycles. The molecule has 2 rings (SSSR count). The standard InChI is InChI=1S/C14H13ClN2O4/c1-14(21,13(19)20)7-16-12(18)9-6-11(15)17-10-5-3-2-4-8(9)10/h2-6,21H,7H2,1H3,(H,16,18)(H,19,20). The predicted molar refractivity (Wildman–Crippen MR) is 77.3 cm³/mol. The van der Waals surface area contributed by atoms with E-state index >= 15 is 0 Å². The van der Waals surface area contributed by atoms with Gasteiger partial charge in [0.1, 0.15) is 5.15 Å². The molecule has 1 unspecified atom stereocenters. The second-order valence-corrected chi connectivity index (χ2v) is 5.16. The van der Waals surface area contributed by atoms with Gasteiger partial charge in [-0.05, 0) is 19.1 Å². The number of aliphatic hydroxyl groups is 1. The van der Waals surface area contributed by atoms with Crippen molar-refractivity contribution in [2.24, 2.45) is 0 Å². The summed E-state index contributed by atoms with van der Waals surface area (Å²) in [5.41, 5.74) is -1.21. The molecule has 0 radical (unpaired) electrons. The molecule has 1 amide bonds. The first-order valence-corrected chi connectivity index (χ1v) is 6.48. The summed E-state index contributed by atoms with van der Waals surface area (Å²) in [6, 6.07) is 8.34. The number of amides is 1. The van der Waals surface area contributed by atoms with Gasteiger partial charge < -0.3 is 15.5 Å². The number of fused-ring (bicyclic) bond motifs is 1. The van der Waals surface area contributed by atoms with Gasteiger partial charge in [-0.25, -0.2) is 9.78 Å². The molecule has 7 heteroatoms. The van der Waals surface area contributed by atoms with Crippen LogP contribution in [0.25, 0.3) is 10.9 Å². The number of halogens is 1. The molecule has 0 aliphatic heterocycles. The van der Waals surface area contributed by atoms with Crippen molar-refractivity contribution in [1.29, 1.82) is 0 Å². The minimum absolute atomic E-state index is 0.156. The summed E-state index contributed by atoms with van der Waals surface area (Å²) < 4.78 is 0. The van der Waals surface area contributed by atoms with E-state index in [9.17, 15) is 14.7 Å². The number of carbonyl (C=O) groups excluding carboxylic acids is 1. The first-order valence-electron chi connectivity index (χ1n) is 6.10. The monoisotopic (exact) mass is 308 g/mol. The van der Waals surface area contributed by atoms with Crippen LogP contribution in [0, 0.1) is 0 Å². The lowest BCUT2D eigenvalue weighted by Gasteiger charge is -2.18. The fourth-order valence-corrected chi connectivity index (χ4v) is 1.95. The van der Waals surface area contributed by atoms with E-state index in [2.05, 4.69) is 10.3 Å². The predicted octanol–water partition coefficient (Wildman–Crippen LogP) is 1.45. The second-order valence-electron chi connectivity index (χ2n) is 4.77. The number of pyridine rings is 1. The molecule has 21 heavy (non-hydrogen) atoms. The van der Waals surface area contributed by atoms with Gasteiger partial charge in [-0.3, -0.25) is 4.79 Å². The highest BCUT2D eigenvalue weighted by Gasteiger charge is 2.30. The molecule has 0 saturated carbocycles. The molecule has 0 saturated heterocycles. The maximum Gasteiger partial charge on any atom is 0.337 e. The number of benzene rings is 1. The first-order chi connectivity index (χ1) is 9.81. The van der Waals surface area contributed by atoms with Crippen molar-refractivity contribution in [2.45, 2.75) is 12.5 Å². The minimum Gasteiger partial charge on any atom is -0.479 e. The Morgan fingerprint density at radius 1 is 1.38 bits per heavy atom. The molecule has 0 aliphatic rings. The SMILES string of the molecule is CC(O)(CNC(=O)c1cc(Cl)nc2ccccc12)C(=O)O. The van der Waals surface area contributed by atoms with Crippen LogP contribution in [0.1, 0.15) is 17.3 Å². The van der Waals surface area contributed by atoms with Crippen LogP contribution in [0.4, 0.5) is 0 Å². The van der Waals surface area contributed by atoms with Crippen molar-refractivity contribution >= 4 is 34.4 Å². The number of carbonyl (C=O) groups is 2. The van der Waals surface area contributed by atoms with Gasteiger partial charge in [-0.15, -0.1) is 0 Å². The van der Waals surface area contributed by atoms with Gasteiger partial charge >= 0.3 is 5.97 Å². The molecular weight excluding hydrogens is 296 g/mol. The van der Waals surface area contributed by atoms with Gasteiger partial charge in [0.25, 0.3) is 5.91 Å². The van der Waals surface area contributed by atoms with Gasteiger partial charge in [-0.1, -0.05) is 29.8 Å². The number of aromatic nitrogens is 1. The van der Waals surface area contributed by atoms with Gasteiger partial charge in [0.15, 0.2) is 5.60 Å². The number of nitrogens with one attached hydrogen (secondary N) is 1. The summed E-state index contributed by atoms with van der Waals surface area (Å²) in [6.45, 7) is 0.683. The number of carboxylic acid groups (broad SMARTS) is 1. The van der Waals surface area contributed by atoms with E-state index in [1.807, 2.05) is 0 Å². The molecule has 2 aromatic rings. The Morgan fingerprint density at radius 2 is 2.05 bits per heavy atom. The fourth-order valence-electron chi connectivity index (χ4n) is 1.75. The molecule has 1 heterocycles. The molecular formula is C14H13ClN2O4. The van der Waals surface area contributed by atoms with E-state index in [0.717, 1.165) is 6.92 Å². The number of para-hydroxylation sites is 1. The normalized spacial score (nSPS) is 13.7. The second kappa shape index (κ2) is 5.67. The van der Waals surface area contributed by atoms with Gasteiger partial charge in [-0.2, -0.15) is 0 Å². The zero-order chi connectivity index (χ0) is 15.6. The smallest absolute Gasteiger partial charge is 0.337 e. The quantitative estimate of drug-likeness (QED) is 0.742. The lowest BCUT2D eigenvalue weighted by atomic mass is 10.1. The third-order valence-corrected chi connectivity index (χ3v) is 3.18. The minimum atomic E-state index is -2.04. The molecule has 1 aromatic carbocycles. The Bertz CT molecular complexity index is 715. The Kier molecular flexibility index (Phi) is 4.11. The number of carboxylic acids is 1. The largest absolute Gasteiger partial charge is 0.479 e. The highest BCUT2D eigenvalue weighted by atomic mass is 35.5. The van der Waals surface area contributed by atoms with E-state index in [-0.39, 0.29) is 10.7 Å². The zero-order valence-corrected chi connectivity index (χ0v) is 11.9. The van der Waals surface area contributed by atoms with Crippen LogP contribution in [-0.4, -0.2) is 39.2 Å². The van der Waals surface area contributed by atoms with Crippen LogP contribution in [0.15, 0.2) is 30.3 Å². The molecule has 0 spiro atoms. The van der Waals surface area contributed by atoms with Crippen LogP contribution in [0.5, 0.6) is 0 Å². The van der Waals surface area contributed by atoms with E-state index in [1.54, 1.807) is 24.3 Å². The van der Waals surface area contributed by atoms with E-state index in [4.69, 9.17) is 16.7 Å². The fraction of sp³-hybridized carbons (Fsp3) is 0.214. The molecule has 110 valence electrons. The molecule has 0 bridgehead atoms. The highest BCUT2D eigenvalue weighted by molar-refractivity contribution is 6.30.